The van der Waals surface area contributed by atoms with Gasteiger partial charge in [0.2, 0.25) is 0 Å². The molecule has 164 valence electrons. The third kappa shape index (κ3) is 4.66. The van der Waals surface area contributed by atoms with Gasteiger partial charge in [0.1, 0.15) is 17.5 Å². The lowest BCUT2D eigenvalue weighted by molar-refractivity contribution is 0.0400. The molecule has 0 saturated heterocycles. The summed E-state index contributed by atoms with van der Waals surface area (Å²) in [5, 5.41) is 4.17. The zero-order chi connectivity index (χ0) is 22.7. The highest BCUT2D eigenvalue weighted by Gasteiger charge is 2.29. The predicted octanol–water partition coefficient (Wildman–Crippen LogP) is 5.25. The van der Waals surface area contributed by atoms with Gasteiger partial charge < -0.3 is 9.74 Å². The van der Waals surface area contributed by atoms with Crippen molar-refractivity contribution in [3.63, 3.8) is 0 Å². The monoisotopic (exact) mass is 438 g/mol. The molecule has 3 aromatic carbocycles. The number of oxime groups is 1. The molecular weight excluding hydrogens is 417 g/mol. The van der Waals surface area contributed by atoms with Gasteiger partial charge in [0.05, 0.1) is 17.8 Å². The van der Waals surface area contributed by atoms with Crippen molar-refractivity contribution >= 4 is 11.6 Å². The minimum atomic E-state index is -0.777. The Morgan fingerprint density at radius 3 is 2.53 bits per heavy atom. The molecule has 1 aliphatic heterocycles. The highest BCUT2D eigenvalue weighted by molar-refractivity contribution is 6.02. The molecular formula is C25H21F3N2O2. The van der Waals surface area contributed by atoms with Crippen LogP contribution in [0.2, 0.25) is 0 Å². The van der Waals surface area contributed by atoms with Crippen LogP contribution in [0.1, 0.15) is 33.5 Å². The van der Waals surface area contributed by atoms with Crippen LogP contribution in [0.5, 0.6) is 0 Å². The molecule has 0 aliphatic carbocycles. The van der Waals surface area contributed by atoms with Gasteiger partial charge in [-0.3, -0.25) is 4.79 Å². The van der Waals surface area contributed by atoms with Gasteiger partial charge in [-0.05, 0) is 30.7 Å². The predicted molar refractivity (Wildman–Crippen MR) is 115 cm³/mol. The summed E-state index contributed by atoms with van der Waals surface area (Å²) in [6, 6.07) is 16.5. The number of nitrogens with zero attached hydrogens (tertiary/aromatic N) is 2. The Kier molecular flexibility index (Phi) is 6.25. The molecule has 1 heterocycles. The average Bonchev–Trinajstić information content (AvgIpc) is 3.23. The largest absolute Gasteiger partial charge is 0.390 e. The van der Waals surface area contributed by atoms with Crippen LogP contribution in [-0.4, -0.2) is 29.2 Å². The van der Waals surface area contributed by atoms with E-state index in [1.807, 2.05) is 31.2 Å². The summed E-state index contributed by atoms with van der Waals surface area (Å²) in [5.74, 6) is -2.78. The fourth-order valence-corrected chi connectivity index (χ4v) is 3.71. The Morgan fingerprint density at radius 1 is 1.03 bits per heavy atom. The molecule has 1 atom stereocenters. The number of rotatable bonds is 6. The van der Waals surface area contributed by atoms with Crippen molar-refractivity contribution in [2.75, 3.05) is 6.54 Å². The molecule has 3 aromatic rings. The number of halogens is 3. The van der Waals surface area contributed by atoms with Gasteiger partial charge in [0, 0.05) is 30.2 Å². The van der Waals surface area contributed by atoms with Gasteiger partial charge in [-0.1, -0.05) is 47.6 Å². The molecule has 4 rings (SSSR count). The molecule has 0 fully saturated rings. The first-order valence-electron chi connectivity index (χ1n) is 10.2. The molecule has 0 saturated carbocycles. The summed E-state index contributed by atoms with van der Waals surface area (Å²) < 4.78 is 41.9. The number of hydrogen-bond acceptors (Lipinski definition) is 3. The smallest absolute Gasteiger partial charge is 0.257 e. The minimum Gasteiger partial charge on any atom is -0.390 e. The Balaban J connectivity index is 1.56. The topological polar surface area (TPSA) is 41.9 Å². The van der Waals surface area contributed by atoms with Crippen molar-refractivity contribution in [1.29, 1.82) is 0 Å². The third-order valence-corrected chi connectivity index (χ3v) is 5.38. The van der Waals surface area contributed by atoms with Gasteiger partial charge in [0.15, 0.2) is 6.10 Å². The first-order chi connectivity index (χ1) is 15.4. The molecule has 1 aliphatic rings. The summed E-state index contributed by atoms with van der Waals surface area (Å²) in [4.78, 5) is 20.0. The molecule has 7 heteroatoms. The summed E-state index contributed by atoms with van der Waals surface area (Å²) in [5.41, 5.74) is 2.73. The van der Waals surface area contributed by atoms with E-state index in [2.05, 4.69) is 5.16 Å². The van der Waals surface area contributed by atoms with Crippen molar-refractivity contribution in [1.82, 2.24) is 4.90 Å². The Morgan fingerprint density at radius 2 is 1.78 bits per heavy atom. The van der Waals surface area contributed by atoms with E-state index in [4.69, 9.17) is 4.84 Å². The van der Waals surface area contributed by atoms with E-state index in [1.165, 1.54) is 29.2 Å². The lowest BCUT2D eigenvalue weighted by atomic mass is 10.00. The quantitative estimate of drug-likeness (QED) is 0.528. The van der Waals surface area contributed by atoms with E-state index in [0.29, 0.717) is 6.42 Å². The van der Waals surface area contributed by atoms with E-state index < -0.39 is 29.5 Å². The molecule has 0 bridgehead atoms. The fourth-order valence-electron chi connectivity index (χ4n) is 3.71. The van der Waals surface area contributed by atoms with E-state index in [-0.39, 0.29) is 24.2 Å². The van der Waals surface area contributed by atoms with Crippen LogP contribution in [0.4, 0.5) is 13.2 Å². The van der Waals surface area contributed by atoms with Gasteiger partial charge in [-0.15, -0.1) is 0 Å². The Bertz CT molecular complexity index is 1180. The van der Waals surface area contributed by atoms with Crippen LogP contribution in [-0.2, 0) is 11.4 Å². The van der Waals surface area contributed by atoms with Gasteiger partial charge in [0.25, 0.3) is 5.91 Å². The first kappa shape index (κ1) is 21.6. The lowest BCUT2D eigenvalue weighted by Crippen LogP contribution is -2.38. The second-order valence-corrected chi connectivity index (χ2v) is 7.69. The summed E-state index contributed by atoms with van der Waals surface area (Å²) in [7, 11) is 0. The maximum absolute atomic E-state index is 14.3. The van der Waals surface area contributed by atoms with Crippen molar-refractivity contribution in [2.45, 2.75) is 26.0 Å². The Labute approximate surface area is 183 Å². The molecule has 4 nitrogen and oxygen atoms in total. The number of carbonyl (C=O) groups is 1. The third-order valence-electron chi connectivity index (χ3n) is 5.38. The summed E-state index contributed by atoms with van der Waals surface area (Å²) in [6.45, 7) is 1.86. The molecule has 0 N–H and O–H groups in total. The number of amides is 1. The molecule has 1 amide bonds. The standard InChI is InChI=1S/C25H21F3N2O2/c1-16-6-2-3-7-20(16)24-13-19(32-29-24)15-30(14-17-10-11-18(26)12-23(17)28)25(31)21-8-4-5-9-22(21)27/h2-12,19H,13-15H2,1H3. The highest BCUT2D eigenvalue weighted by atomic mass is 19.1. The van der Waals surface area contributed by atoms with Crippen molar-refractivity contribution in [2.24, 2.45) is 5.16 Å². The molecule has 0 aromatic heterocycles. The first-order valence-corrected chi connectivity index (χ1v) is 10.2. The van der Waals surface area contributed by atoms with Gasteiger partial charge in [-0.2, -0.15) is 0 Å². The van der Waals surface area contributed by atoms with Crippen LogP contribution in [0.3, 0.4) is 0 Å². The van der Waals surface area contributed by atoms with E-state index in [0.717, 1.165) is 29.0 Å². The molecule has 0 spiro atoms. The van der Waals surface area contributed by atoms with Crippen LogP contribution in [0.25, 0.3) is 0 Å². The average molecular weight is 438 g/mol. The summed E-state index contributed by atoms with van der Waals surface area (Å²) in [6.07, 6.45) is -0.0403. The number of aryl methyl sites for hydroxylation is 1. The van der Waals surface area contributed by atoms with Gasteiger partial charge in [-0.25, -0.2) is 13.2 Å². The maximum atomic E-state index is 14.3. The second-order valence-electron chi connectivity index (χ2n) is 7.69. The molecule has 0 radical (unpaired) electrons. The Hall–Kier alpha value is -3.61. The van der Waals surface area contributed by atoms with Crippen molar-refractivity contribution < 1.29 is 22.8 Å². The zero-order valence-corrected chi connectivity index (χ0v) is 17.4. The maximum Gasteiger partial charge on any atom is 0.257 e. The van der Waals surface area contributed by atoms with Crippen LogP contribution in [0, 0.1) is 24.4 Å². The normalized spacial score (nSPS) is 15.2. The second kappa shape index (κ2) is 9.26. The lowest BCUT2D eigenvalue weighted by Gasteiger charge is -2.25. The fraction of sp³-hybridized carbons (Fsp3) is 0.200. The van der Waals surface area contributed by atoms with Crippen LogP contribution in [0.15, 0.2) is 71.9 Å². The van der Waals surface area contributed by atoms with Gasteiger partial charge >= 0.3 is 0 Å². The summed E-state index contributed by atoms with van der Waals surface area (Å²) >= 11 is 0. The van der Waals surface area contributed by atoms with Crippen molar-refractivity contribution in [3.05, 3.63) is 106 Å². The van der Waals surface area contributed by atoms with E-state index in [9.17, 15) is 18.0 Å². The number of carbonyl (C=O) groups excluding carboxylic acids is 1. The minimum absolute atomic E-state index is 0.0584. The van der Waals surface area contributed by atoms with Crippen LogP contribution < -0.4 is 0 Å². The van der Waals surface area contributed by atoms with E-state index >= 15 is 0 Å². The number of benzene rings is 3. The van der Waals surface area contributed by atoms with E-state index in [1.54, 1.807) is 6.07 Å². The highest BCUT2D eigenvalue weighted by Crippen LogP contribution is 2.23. The van der Waals surface area contributed by atoms with Crippen LogP contribution >= 0.6 is 0 Å². The molecule has 32 heavy (non-hydrogen) atoms. The van der Waals surface area contributed by atoms with Crippen molar-refractivity contribution in [3.8, 4) is 0 Å². The molecule has 1 unspecified atom stereocenters. The zero-order valence-electron chi connectivity index (χ0n) is 17.4. The number of hydrogen-bond donors (Lipinski definition) is 0. The SMILES string of the molecule is Cc1ccccc1C1=NOC(CN(Cc2ccc(F)cc2F)C(=O)c2ccccc2F)C1.